The highest BCUT2D eigenvalue weighted by molar-refractivity contribution is 4.96. The second-order valence-corrected chi connectivity index (χ2v) is 5.07. The molecule has 0 aromatic rings. The number of methoxy groups -OCH3 is 1. The molecule has 0 radical (unpaired) electrons. The van der Waals surface area contributed by atoms with Crippen LogP contribution in [-0.4, -0.2) is 68.8 Å². The highest BCUT2D eigenvalue weighted by Crippen LogP contribution is 2.26. The van der Waals surface area contributed by atoms with Gasteiger partial charge in [-0.15, -0.1) is 0 Å². The molecule has 0 aromatic heterocycles. The summed E-state index contributed by atoms with van der Waals surface area (Å²) in [6.07, 6.45) is 2.29. The van der Waals surface area contributed by atoms with Crippen molar-refractivity contribution in [1.29, 1.82) is 0 Å². The Bertz CT molecular complexity index is 204. The average molecular weight is 229 g/mol. The third-order valence-corrected chi connectivity index (χ3v) is 4.02. The Balaban J connectivity index is 2.66. The Hall–Kier alpha value is -0.160. The summed E-state index contributed by atoms with van der Waals surface area (Å²) in [4.78, 5) is 4.82. The van der Waals surface area contributed by atoms with Crippen LogP contribution >= 0.6 is 0 Å². The highest BCUT2D eigenvalue weighted by Gasteiger charge is 2.38. The van der Waals surface area contributed by atoms with Crippen molar-refractivity contribution in [2.24, 2.45) is 5.73 Å². The van der Waals surface area contributed by atoms with E-state index in [-0.39, 0.29) is 5.54 Å². The van der Waals surface area contributed by atoms with E-state index >= 15 is 0 Å². The van der Waals surface area contributed by atoms with Gasteiger partial charge in [0, 0.05) is 32.8 Å². The zero-order valence-electron chi connectivity index (χ0n) is 11.2. The molecule has 0 amide bonds. The fraction of sp³-hybridized carbons (Fsp3) is 1.00. The Labute approximate surface area is 99.7 Å². The molecular formula is C12H27N3O. The molecule has 96 valence electrons. The second kappa shape index (κ2) is 5.96. The first-order valence-corrected chi connectivity index (χ1v) is 6.20. The smallest absolute Gasteiger partial charge is 0.0658 e. The lowest BCUT2D eigenvalue weighted by atomic mass is 9.95. The van der Waals surface area contributed by atoms with Gasteiger partial charge >= 0.3 is 0 Å². The van der Waals surface area contributed by atoms with Gasteiger partial charge in [0.15, 0.2) is 0 Å². The van der Waals surface area contributed by atoms with Crippen LogP contribution in [0.4, 0.5) is 0 Å². The van der Waals surface area contributed by atoms with Gasteiger partial charge in [-0.25, -0.2) is 0 Å². The highest BCUT2D eigenvalue weighted by atomic mass is 16.5. The van der Waals surface area contributed by atoms with Crippen LogP contribution in [0.25, 0.3) is 0 Å². The SMILES string of the molecule is CCC(CN)(COC)N1CCC(N(C)C)C1. The van der Waals surface area contributed by atoms with Gasteiger partial charge in [0.2, 0.25) is 0 Å². The van der Waals surface area contributed by atoms with Gasteiger partial charge in [0.1, 0.15) is 0 Å². The Morgan fingerprint density at radius 1 is 1.50 bits per heavy atom. The van der Waals surface area contributed by atoms with Gasteiger partial charge in [-0.2, -0.15) is 0 Å². The number of nitrogens with two attached hydrogens (primary N) is 1. The molecule has 1 heterocycles. The topological polar surface area (TPSA) is 41.7 Å². The number of hydrogen-bond donors (Lipinski definition) is 1. The maximum atomic E-state index is 5.97. The van der Waals surface area contributed by atoms with Crippen molar-refractivity contribution < 1.29 is 4.74 Å². The predicted octanol–water partition coefficient (Wildman–Crippen LogP) is 0.376. The van der Waals surface area contributed by atoms with Crippen LogP contribution in [-0.2, 0) is 4.74 Å². The van der Waals surface area contributed by atoms with E-state index in [9.17, 15) is 0 Å². The molecule has 16 heavy (non-hydrogen) atoms. The van der Waals surface area contributed by atoms with E-state index in [2.05, 4.69) is 30.8 Å². The largest absolute Gasteiger partial charge is 0.383 e. The maximum absolute atomic E-state index is 5.97. The Morgan fingerprint density at radius 3 is 2.56 bits per heavy atom. The number of nitrogens with zero attached hydrogens (tertiary/aromatic N) is 2. The molecule has 0 spiro atoms. The molecule has 0 bridgehead atoms. The van der Waals surface area contributed by atoms with E-state index in [1.54, 1.807) is 7.11 Å². The monoisotopic (exact) mass is 229 g/mol. The van der Waals surface area contributed by atoms with Gasteiger partial charge < -0.3 is 15.4 Å². The van der Waals surface area contributed by atoms with Gasteiger partial charge in [-0.3, -0.25) is 4.90 Å². The summed E-state index contributed by atoms with van der Waals surface area (Å²) in [6, 6.07) is 0.661. The summed E-state index contributed by atoms with van der Waals surface area (Å²) in [5.74, 6) is 0. The summed E-state index contributed by atoms with van der Waals surface area (Å²) in [7, 11) is 6.07. The number of rotatable bonds is 6. The molecule has 1 saturated heterocycles. The summed E-state index contributed by atoms with van der Waals surface area (Å²) < 4.78 is 5.36. The van der Waals surface area contributed by atoms with E-state index in [1.165, 1.54) is 6.42 Å². The summed E-state index contributed by atoms with van der Waals surface area (Å²) in [6.45, 7) is 5.87. The first-order chi connectivity index (χ1) is 7.59. The zero-order valence-corrected chi connectivity index (χ0v) is 11.2. The minimum Gasteiger partial charge on any atom is -0.383 e. The fourth-order valence-electron chi connectivity index (χ4n) is 2.61. The van der Waals surface area contributed by atoms with Crippen LogP contribution in [0.5, 0.6) is 0 Å². The molecule has 2 N–H and O–H groups in total. The van der Waals surface area contributed by atoms with E-state index < -0.39 is 0 Å². The number of likely N-dealkylation sites (N-methyl/N-ethyl adjacent to an activating group) is 1. The molecule has 0 saturated carbocycles. The summed E-state index contributed by atoms with van der Waals surface area (Å²) >= 11 is 0. The third-order valence-electron chi connectivity index (χ3n) is 4.02. The van der Waals surface area contributed by atoms with Gasteiger partial charge in [0.05, 0.1) is 12.1 Å². The standard InChI is InChI=1S/C12H27N3O/c1-5-12(9-13,10-16-4)15-7-6-11(8-15)14(2)3/h11H,5-10,13H2,1-4H3. The molecule has 1 aliphatic heterocycles. The minimum atomic E-state index is 0.0412. The van der Waals surface area contributed by atoms with E-state index in [1.807, 2.05) is 0 Å². The summed E-state index contributed by atoms with van der Waals surface area (Å²) in [5, 5.41) is 0. The molecule has 1 fully saturated rings. The van der Waals surface area contributed by atoms with Gasteiger partial charge in [-0.1, -0.05) is 6.92 Å². The first-order valence-electron chi connectivity index (χ1n) is 6.20. The minimum absolute atomic E-state index is 0.0412. The lowest BCUT2D eigenvalue weighted by Gasteiger charge is -2.40. The summed E-state index contributed by atoms with van der Waals surface area (Å²) in [5.41, 5.74) is 6.01. The van der Waals surface area contributed by atoms with Crippen molar-refractivity contribution in [3.05, 3.63) is 0 Å². The van der Waals surface area contributed by atoms with Crippen molar-refractivity contribution in [3.63, 3.8) is 0 Å². The van der Waals surface area contributed by atoms with Crippen LogP contribution < -0.4 is 5.73 Å². The van der Waals surface area contributed by atoms with Crippen LogP contribution in [0.1, 0.15) is 19.8 Å². The van der Waals surface area contributed by atoms with Crippen molar-refractivity contribution in [1.82, 2.24) is 9.80 Å². The molecule has 2 atom stereocenters. The predicted molar refractivity (Wildman–Crippen MR) is 67.6 cm³/mol. The van der Waals surface area contributed by atoms with Crippen molar-refractivity contribution in [2.45, 2.75) is 31.3 Å². The van der Waals surface area contributed by atoms with Crippen molar-refractivity contribution in [2.75, 3.05) is 47.4 Å². The number of hydrogen-bond acceptors (Lipinski definition) is 4. The molecule has 1 aliphatic rings. The molecule has 4 heteroatoms. The molecular weight excluding hydrogens is 202 g/mol. The van der Waals surface area contributed by atoms with Crippen LogP contribution in [0.15, 0.2) is 0 Å². The molecule has 2 unspecified atom stereocenters. The lowest BCUT2D eigenvalue weighted by Crippen LogP contribution is -2.56. The Kier molecular flexibility index (Phi) is 5.18. The molecule has 0 aliphatic carbocycles. The van der Waals surface area contributed by atoms with E-state index in [4.69, 9.17) is 10.5 Å². The number of likely N-dealkylation sites (tertiary alicyclic amines) is 1. The molecule has 0 aromatic carbocycles. The van der Waals surface area contributed by atoms with Crippen LogP contribution in [0, 0.1) is 0 Å². The fourth-order valence-corrected chi connectivity index (χ4v) is 2.61. The van der Waals surface area contributed by atoms with Gasteiger partial charge in [0.25, 0.3) is 0 Å². The molecule has 1 rings (SSSR count). The maximum Gasteiger partial charge on any atom is 0.0658 e. The quantitative estimate of drug-likeness (QED) is 0.715. The van der Waals surface area contributed by atoms with Crippen molar-refractivity contribution >= 4 is 0 Å². The third kappa shape index (κ3) is 2.74. The normalized spacial score (nSPS) is 26.2. The number of ether oxygens (including phenoxy) is 1. The van der Waals surface area contributed by atoms with Gasteiger partial charge in [-0.05, 0) is 26.9 Å². The van der Waals surface area contributed by atoms with Crippen LogP contribution in [0.2, 0.25) is 0 Å². The average Bonchev–Trinajstić information content (AvgIpc) is 2.76. The van der Waals surface area contributed by atoms with E-state index in [0.29, 0.717) is 12.6 Å². The van der Waals surface area contributed by atoms with E-state index in [0.717, 1.165) is 26.1 Å². The second-order valence-electron chi connectivity index (χ2n) is 5.07. The lowest BCUT2D eigenvalue weighted by molar-refractivity contribution is 0.0231. The Morgan fingerprint density at radius 2 is 2.19 bits per heavy atom. The van der Waals surface area contributed by atoms with Crippen LogP contribution in [0.3, 0.4) is 0 Å². The zero-order chi connectivity index (χ0) is 12.2. The first kappa shape index (κ1) is 13.9. The molecule has 4 nitrogen and oxygen atoms in total. The van der Waals surface area contributed by atoms with Crippen molar-refractivity contribution in [3.8, 4) is 0 Å².